The van der Waals surface area contributed by atoms with Gasteiger partial charge in [0.15, 0.2) is 0 Å². The summed E-state index contributed by atoms with van der Waals surface area (Å²) in [7, 11) is 0. The van der Waals surface area contributed by atoms with Crippen LogP contribution in [0, 0.1) is 0 Å². The number of nitrogen functional groups attached to an aromatic ring is 1. The number of pyridine rings is 1. The van der Waals surface area contributed by atoms with Crippen molar-refractivity contribution in [1.29, 1.82) is 0 Å². The first-order chi connectivity index (χ1) is 12.5. The first-order valence-electron chi connectivity index (χ1n) is 8.36. The summed E-state index contributed by atoms with van der Waals surface area (Å²) in [4.78, 5) is 27.6. The number of aromatic carboxylic acids is 1. The largest absolute Gasteiger partial charge is 0.478 e. The second-order valence-electron chi connectivity index (χ2n) is 5.33. The fourth-order valence-corrected chi connectivity index (χ4v) is 2.00. The molecule has 0 unspecified atom stereocenters. The summed E-state index contributed by atoms with van der Waals surface area (Å²) in [6.45, 7) is 7.31. The summed E-state index contributed by atoms with van der Waals surface area (Å²) in [5, 5.41) is 8.34. The van der Waals surface area contributed by atoms with Crippen molar-refractivity contribution in [2.45, 2.75) is 13.8 Å². The van der Waals surface area contributed by atoms with Gasteiger partial charge in [0, 0.05) is 24.6 Å². The van der Waals surface area contributed by atoms with Crippen molar-refractivity contribution in [1.82, 2.24) is 9.88 Å². The van der Waals surface area contributed by atoms with Gasteiger partial charge in [-0.2, -0.15) is 0 Å². The Labute approximate surface area is 165 Å². The van der Waals surface area contributed by atoms with E-state index in [0.29, 0.717) is 17.9 Å². The third kappa shape index (κ3) is 9.58. The molecule has 148 valence electrons. The van der Waals surface area contributed by atoms with Gasteiger partial charge >= 0.3 is 11.9 Å². The van der Waals surface area contributed by atoms with Crippen LogP contribution in [0.25, 0.3) is 0 Å². The number of hydrogen-bond acceptors (Lipinski definition) is 6. The number of nitrogens with zero attached hydrogens (tertiary/aromatic N) is 2. The third-order valence-corrected chi connectivity index (χ3v) is 3.59. The van der Waals surface area contributed by atoms with E-state index < -0.39 is 5.97 Å². The minimum atomic E-state index is -0.942. The third-order valence-electron chi connectivity index (χ3n) is 3.59. The maximum atomic E-state index is 11.6. The molecule has 0 saturated carbocycles. The molecule has 0 aliphatic rings. The maximum absolute atomic E-state index is 11.6. The van der Waals surface area contributed by atoms with Crippen molar-refractivity contribution >= 4 is 30.0 Å². The zero-order chi connectivity index (χ0) is 19.4. The second-order valence-corrected chi connectivity index (χ2v) is 5.33. The molecule has 8 heteroatoms. The summed E-state index contributed by atoms with van der Waals surface area (Å²) in [5.74, 6) is -1.24. The van der Waals surface area contributed by atoms with Crippen LogP contribution in [-0.4, -0.2) is 53.2 Å². The molecule has 0 amide bonds. The number of esters is 1. The minimum absolute atomic E-state index is 0. The van der Waals surface area contributed by atoms with Gasteiger partial charge in [0.25, 0.3) is 0 Å². The SMILES string of the molecule is CCN(CC)CCOC(=O)c1ccc(N)cc1.Cl.O=C(O)c1cccnc1. The molecule has 1 heterocycles. The van der Waals surface area contributed by atoms with E-state index in [0.717, 1.165) is 19.6 Å². The van der Waals surface area contributed by atoms with E-state index in [1.54, 1.807) is 30.3 Å². The van der Waals surface area contributed by atoms with Crippen molar-refractivity contribution in [3.63, 3.8) is 0 Å². The molecular formula is C19H26ClN3O4. The van der Waals surface area contributed by atoms with Crippen molar-refractivity contribution in [2.75, 3.05) is 32.0 Å². The Bertz CT molecular complexity index is 677. The number of aromatic nitrogens is 1. The zero-order valence-electron chi connectivity index (χ0n) is 15.5. The molecule has 0 aliphatic heterocycles. The molecule has 2 rings (SSSR count). The number of carbonyl (C=O) groups excluding carboxylic acids is 1. The summed E-state index contributed by atoms with van der Waals surface area (Å²) in [5.41, 5.74) is 6.95. The number of anilines is 1. The standard InChI is InChI=1S/C13H20N2O2.C6H5NO2.ClH/c1-3-15(4-2)9-10-17-13(16)11-5-7-12(14)8-6-11;8-6(9)5-2-1-3-7-4-5;/h5-8H,3-4,9-10,14H2,1-2H3;1-4H,(H,8,9);1H. The number of rotatable bonds is 7. The minimum Gasteiger partial charge on any atom is -0.478 e. The molecule has 7 nitrogen and oxygen atoms in total. The van der Waals surface area contributed by atoms with Crippen LogP contribution in [0.2, 0.25) is 0 Å². The molecule has 0 aliphatic carbocycles. The number of ether oxygens (including phenoxy) is 1. The van der Waals surface area contributed by atoms with E-state index in [1.807, 2.05) is 0 Å². The van der Waals surface area contributed by atoms with Gasteiger partial charge in [0.05, 0.1) is 11.1 Å². The molecule has 1 aromatic heterocycles. The Morgan fingerprint density at radius 1 is 1.11 bits per heavy atom. The van der Waals surface area contributed by atoms with Crippen LogP contribution in [-0.2, 0) is 4.74 Å². The highest BCUT2D eigenvalue weighted by Gasteiger charge is 2.07. The lowest BCUT2D eigenvalue weighted by Gasteiger charge is -2.17. The van der Waals surface area contributed by atoms with Crippen molar-refractivity contribution in [2.24, 2.45) is 0 Å². The number of benzene rings is 1. The van der Waals surface area contributed by atoms with Gasteiger partial charge in [-0.3, -0.25) is 4.98 Å². The number of hydrogen-bond donors (Lipinski definition) is 2. The summed E-state index contributed by atoms with van der Waals surface area (Å²) >= 11 is 0. The Morgan fingerprint density at radius 2 is 1.74 bits per heavy atom. The van der Waals surface area contributed by atoms with Crippen molar-refractivity contribution < 1.29 is 19.4 Å². The average Bonchev–Trinajstić information content (AvgIpc) is 2.67. The van der Waals surface area contributed by atoms with Crippen molar-refractivity contribution in [3.05, 3.63) is 59.9 Å². The second kappa shape index (κ2) is 13.5. The van der Waals surface area contributed by atoms with Crippen LogP contribution < -0.4 is 5.73 Å². The monoisotopic (exact) mass is 395 g/mol. The normalized spacial score (nSPS) is 9.59. The van der Waals surface area contributed by atoms with Crippen LogP contribution in [0.3, 0.4) is 0 Å². The topological polar surface area (TPSA) is 106 Å². The first kappa shape index (κ1) is 24.4. The summed E-state index contributed by atoms with van der Waals surface area (Å²) in [6.07, 6.45) is 2.84. The van der Waals surface area contributed by atoms with Gasteiger partial charge in [-0.05, 0) is 49.5 Å². The van der Waals surface area contributed by atoms with Crippen LogP contribution in [0.5, 0.6) is 0 Å². The number of nitrogens with two attached hydrogens (primary N) is 1. The highest BCUT2D eigenvalue weighted by Crippen LogP contribution is 2.06. The van der Waals surface area contributed by atoms with Crippen LogP contribution in [0.1, 0.15) is 34.6 Å². The molecule has 0 radical (unpaired) electrons. The van der Waals surface area contributed by atoms with Gasteiger partial charge < -0.3 is 20.5 Å². The lowest BCUT2D eigenvalue weighted by Crippen LogP contribution is -2.27. The van der Waals surface area contributed by atoms with E-state index >= 15 is 0 Å². The molecule has 27 heavy (non-hydrogen) atoms. The van der Waals surface area contributed by atoms with Crippen LogP contribution in [0.4, 0.5) is 5.69 Å². The van der Waals surface area contributed by atoms with E-state index in [9.17, 15) is 9.59 Å². The van der Waals surface area contributed by atoms with E-state index in [1.165, 1.54) is 18.5 Å². The maximum Gasteiger partial charge on any atom is 0.338 e. The molecule has 1 aromatic carbocycles. The number of carboxylic acids is 1. The molecule has 0 saturated heterocycles. The Balaban J connectivity index is 0.000000572. The van der Waals surface area contributed by atoms with Gasteiger partial charge in [-0.25, -0.2) is 9.59 Å². The number of carbonyl (C=O) groups is 2. The molecule has 3 N–H and O–H groups in total. The Hall–Kier alpha value is -2.64. The first-order valence-corrected chi connectivity index (χ1v) is 8.36. The van der Waals surface area contributed by atoms with Crippen LogP contribution in [0.15, 0.2) is 48.8 Å². The van der Waals surface area contributed by atoms with Gasteiger partial charge in [0.1, 0.15) is 6.61 Å². The number of halogens is 1. The lowest BCUT2D eigenvalue weighted by atomic mass is 10.2. The van der Waals surface area contributed by atoms with E-state index in [-0.39, 0.29) is 23.9 Å². The van der Waals surface area contributed by atoms with Crippen LogP contribution >= 0.6 is 12.4 Å². The number of likely N-dealkylation sites (N-methyl/N-ethyl adjacent to an activating group) is 1. The number of carboxylic acid groups (broad SMARTS) is 1. The predicted octanol–water partition coefficient (Wildman–Crippen LogP) is 2.97. The van der Waals surface area contributed by atoms with Crippen molar-refractivity contribution in [3.8, 4) is 0 Å². The van der Waals surface area contributed by atoms with E-state index in [4.69, 9.17) is 15.6 Å². The highest BCUT2D eigenvalue weighted by molar-refractivity contribution is 5.89. The van der Waals surface area contributed by atoms with Gasteiger partial charge in [0.2, 0.25) is 0 Å². The smallest absolute Gasteiger partial charge is 0.338 e. The molecular weight excluding hydrogens is 370 g/mol. The van der Waals surface area contributed by atoms with E-state index in [2.05, 4.69) is 23.7 Å². The summed E-state index contributed by atoms with van der Waals surface area (Å²) in [6, 6.07) is 9.82. The predicted molar refractivity (Wildman–Crippen MR) is 107 cm³/mol. The zero-order valence-corrected chi connectivity index (χ0v) is 16.3. The van der Waals surface area contributed by atoms with Gasteiger partial charge in [-0.15, -0.1) is 12.4 Å². The Morgan fingerprint density at radius 3 is 2.19 bits per heavy atom. The average molecular weight is 396 g/mol. The fourth-order valence-electron chi connectivity index (χ4n) is 2.00. The molecule has 2 aromatic rings. The quantitative estimate of drug-likeness (QED) is 0.548. The molecule has 0 fully saturated rings. The van der Waals surface area contributed by atoms with Gasteiger partial charge in [-0.1, -0.05) is 13.8 Å². The molecule has 0 atom stereocenters. The molecule has 0 spiro atoms. The Kier molecular flexibility index (Phi) is 12.2. The highest BCUT2D eigenvalue weighted by atomic mass is 35.5. The lowest BCUT2D eigenvalue weighted by molar-refractivity contribution is 0.0466. The summed E-state index contributed by atoms with van der Waals surface area (Å²) < 4.78 is 5.18. The fraction of sp³-hybridized carbons (Fsp3) is 0.316. The molecule has 0 bridgehead atoms.